The van der Waals surface area contributed by atoms with Crippen LogP contribution in [0.2, 0.25) is 0 Å². The molecule has 112 valence electrons. The largest absolute Gasteiger partial charge is 0.573 e. The molecule has 0 radical (unpaired) electrons. The number of rotatable bonds is 2. The van der Waals surface area contributed by atoms with Crippen LogP contribution in [0.1, 0.15) is 5.56 Å². The molecule has 1 nitrogen and oxygen atoms in total. The second kappa shape index (κ2) is 5.31. The van der Waals surface area contributed by atoms with Crippen LogP contribution in [0.5, 0.6) is 5.75 Å². The Morgan fingerprint density at radius 2 is 1.33 bits per heavy atom. The fraction of sp³-hybridized carbons (Fsp3) is 0.143. The van der Waals surface area contributed by atoms with Crippen molar-refractivity contribution in [1.82, 2.24) is 0 Å². The van der Waals surface area contributed by atoms with Gasteiger partial charge in [0.2, 0.25) is 0 Å². The van der Waals surface area contributed by atoms with E-state index in [-0.39, 0.29) is 11.1 Å². The highest BCUT2D eigenvalue weighted by molar-refractivity contribution is 5.70. The summed E-state index contributed by atoms with van der Waals surface area (Å²) in [6.07, 6.45) is -10.2. The van der Waals surface area contributed by atoms with E-state index < -0.39 is 23.9 Å². The molecule has 0 amide bonds. The van der Waals surface area contributed by atoms with Gasteiger partial charge in [0.1, 0.15) is 11.3 Å². The van der Waals surface area contributed by atoms with E-state index in [9.17, 15) is 26.3 Å². The van der Waals surface area contributed by atoms with Gasteiger partial charge in [-0.1, -0.05) is 42.5 Å². The number of hydrogen-bond donors (Lipinski definition) is 0. The Bertz CT molecular complexity index is 616. The molecule has 0 fully saturated rings. The lowest BCUT2D eigenvalue weighted by Crippen LogP contribution is -2.20. The van der Waals surface area contributed by atoms with Crippen molar-refractivity contribution in [2.45, 2.75) is 12.5 Å². The van der Waals surface area contributed by atoms with Gasteiger partial charge in [0.05, 0.1) is 0 Å². The van der Waals surface area contributed by atoms with Crippen molar-refractivity contribution < 1.29 is 31.1 Å². The van der Waals surface area contributed by atoms with E-state index in [0.29, 0.717) is 6.07 Å². The first-order valence-electron chi connectivity index (χ1n) is 5.70. The lowest BCUT2D eigenvalue weighted by atomic mass is 9.98. The lowest BCUT2D eigenvalue weighted by molar-refractivity contribution is -0.276. The summed E-state index contributed by atoms with van der Waals surface area (Å²) in [4.78, 5) is 0. The SMILES string of the molecule is FC(F)(F)Oc1cccc(-c2ccccc2)c1C(F)(F)F. The predicted octanol–water partition coefficient (Wildman–Crippen LogP) is 5.27. The molecule has 0 atom stereocenters. The highest BCUT2D eigenvalue weighted by atomic mass is 19.4. The minimum absolute atomic E-state index is 0.150. The van der Waals surface area contributed by atoms with E-state index in [0.717, 1.165) is 12.1 Å². The zero-order chi connectivity index (χ0) is 15.7. The first-order chi connectivity index (χ1) is 9.68. The molecule has 0 N–H and O–H groups in total. The van der Waals surface area contributed by atoms with E-state index in [1.54, 1.807) is 6.07 Å². The van der Waals surface area contributed by atoms with Gasteiger partial charge >= 0.3 is 12.5 Å². The fourth-order valence-electron chi connectivity index (χ4n) is 1.89. The van der Waals surface area contributed by atoms with Crippen LogP contribution in [0.25, 0.3) is 11.1 Å². The van der Waals surface area contributed by atoms with Crippen LogP contribution in [-0.4, -0.2) is 6.36 Å². The third kappa shape index (κ3) is 3.68. The zero-order valence-corrected chi connectivity index (χ0v) is 10.3. The maximum atomic E-state index is 13.1. The van der Waals surface area contributed by atoms with Crippen molar-refractivity contribution in [2.75, 3.05) is 0 Å². The average Bonchev–Trinajstić information content (AvgIpc) is 2.36. The van der Waals surface area contributed by atoms with Crippen LogP contribution in [0, 0.1) is 0 Å². The van der Waals surface area contributed by atoms with Crippen LogP contribution < -0.4 is 4.74 Å². The first kappa shape index (κ1) is 15.2. The van der Waals surface area contributed by atoms with Crippen molar-refractivity contribution in [3.8, 4) is 16.9 Å². The van der Waals surface area contributed by atoms with E-state index in [4.69, 9.17) is 0 Å². The summed E-state index contributed by atoms with van der Waals surface area (Å²) in [5.74, 6) is -1.27. The number of benzene rings is 2. The molecule has 0 unspecified atom stereocenters. The predicted molar refractivity (Wildman–Crippen MR) is 63.6 cm³/mol. The summed E-state index contributed by atoms with van der Waals surface area (Å²) < 4.78 is 79.6. The molecule has 0 spiro atoms. The summed E-state index contributed by atoms with van der Waals surface area (Å²) in [6, 6.07) is 10.2. The summed E-state index contributed by atoms with van der Waals surface area (Å²) in [6.45, 7) is 0. The molecule has 0 saturated carbocycles. The lowest BCUT2D eigenvalue weighted by Gasteiger charge is -2.18. The summed E-state index contributed by atoms with van der Waals surface area (Å²) in [5, 5.41) is 0. The summed E-state index contributed by atoms with van der Waals surface area (Å²) >= 11 is 0. The van der Waals surface area contributed by atoms with Gasteiger partial charge in [-0.15, -0.1) is 13.2 Å². The maximum absolute atomic E-state index is 13.1. The third-order valence-electron chi connectivity index (χ3n) is 2.62. The molecule has 0 bridgehead atoms. The van der Waals surface area contributed by atoms with Gasteiger partial charge in [-0.25, -0.2) is 0 Å². The topological polar surface area (TPSA) is 9.23 Å². The molecule has 21 heavy (non-hydrogen) atoms. The Labute approximate surface area is 115 Å². The second-order valence-corrected chi connectivity index (χ2v) is 4.09. The van der Waals surface area contributed by atoms with E-state index in [2.05, 4.69) is 4.74 Å². The van der Waals surface area contributed by atoms with E-state index >= 15 is 0 Å². The number of ether oxygens (including phenoxy) is 1. The molecule has 0 saturated heterocycles. The molecule has 0 aliphatic rings. The van der Waals surface area contributed by atoms with Gasteiger partial charge in [-0.3, -0.25) is 0 Å². The Kier molecular flexibility index (Phi) is 3.85. The van der Waals surface area contributed by atoms with Crippen LogP contribution in [0.4, 0.5) is 26.3 Å². The Morgan fingerprint density at radius 1 is 0.714 bits per heavy atom. The van der Waals surface area contributed by atoms with Crippen molar-refractivity contribution in [1.29, 1.82) is 0 Å². The fourth-order valence-corrected chi connectivity index (χ4v) is 1.89. The number of alkyl halides is 6. The Morgan fingerprint density at radius 3 is 1.86 bits per heavy atom. The molecule has 0 heterocycles. The standard InChI is InChI=1S/C14H8F6O/c15-13(16,17)12-10(9-5-2-1-3-6-9)7-4-8-11(12)21-14(18,19)20/h1-8H. The maximum Gasteiger partial charge on any atom is 0.573 e. The number of hydrogen-bond acceptors (Lipinski definition) is 1. The highest BCUT2D eigenvalue weighted by Crippen LogP contribution is 2.44. The van der Waals surface area contributed by atoms with Crippen LogP contribution in [0.15, 0.2) is 48.5 Å². The minimum atomic E-state index is -5.20. The van der Waals surface area contributed by atoms with Crippen molar-refractivity contribution in [3.05, 3.63) is 54.1 Å². The van der Waals surface area contributed by atoms with Gasteiger partial charge in [0, 0.05) is 0 Å². The quantitative estimate of drug-likeness (QED) is 0.687. The molecular weight excluding hydrogens is 298 g/mol. The number of halogens is 6. The monoisotopic (exact) mass is 306 g/mol. The summed E-state index contributed by atoms with van der Waals surface area (Å²) in [5.41, 5.74) is -1.67. The molecule has 2 rings (SSSR count). The van der Waals surface area contributed by atoms with Gasteiger partial charge in [0.15, 0.2) is 0 Å². The smallest absolute Gasteiger partial charge is 0.405 e. The Balaban J connectivity index is 2.64. The van der Waals surface area contributed by atoms with Gasteiger partial charge in [0.25, 0.3) is 0 Å². The molecule has 2 aromatic rings. The van der Waals surface area contributed by atoms with Gasteiger partial charge in [-0.05, 0) is 17.2 Å². The molecule has 0 aliphatic carbocycles. The molecule has 7 heteroatoms. The second-order valence-electron chi connectivity index (χ2n) is 4.09. The molecule has 0 aliphatic heterocycles. The van der Waals surface area contributed by atoms with Crippen molar-refractivity contribution in [3.63, 3.8) is 0 Å². The van der Waals surface area contributed by atoms with Crippen molar-refractivity contribution >= 4 is 0 Å². The third-order valence-corrected chi connectivity index (χ3v) is 2.62. The molecular formula is C14H8F6O. The zero-order valence-electron chi connectivity index (χ0n) is 10.3. The normalized spacial score (nSPS) is 12.3. The molecule has 2 aromatic carbocycles. The van der Waals surface area contributed by atoms with Gasteiger partial charge < -0.3 is 4.74 Å². The highest BCUT2D eigenvalue weighted by Gasteiger charge is 2.41. The van der Waals surface area contributed by atoms with Crippen LogP contribution in [0.3, 0.4) is 0 Å². The molecule has 0 aromatic heterocycles. The van der Waals surface area contributed by atoms with Crippen molar-refractivity contribution in [2.24, 2.45) is 0 Å². The van der Waals surface area contributed by atoms with E-state index in [1.807, 2.05) is 0 Å². The van der Waals surface area contributed by atoms with Crippen LogP contribution in [-0.2, 0) is 6.18 Å². The summed E-state index contributed by atoms with van der Waals surface area (Å²) in [7, 11) is 0. The van der Waals surface area contributed by atoms with Gasteiger partial charge in [-0.2, -0.15) is 13.2 Å². The van der Waals surface area contributed by atoms with Crippen LogP contribution >= 0.6 is 0 Å². The van der Waals surface area contributed by atoms with E-state index in [1.165, 1.54) is 24.3 Å². The average molecular weight is 306 g/mol. The minimum Gasteiger partial charge on any atom is -0.405 e. The Hall–Kier alpha value is -2.18. The first-order valence-corrected chi connectivity index (χ1v) is 5.70.